The Balaban J connectivity index is -0.000000187. The second-order valence-electron chi connectivity index (χ2n) is 3.31. The highest BCUT2D eigenvalue weighted by molar-refractivity contribution is 4.44. The van der Waals surface area contributed by atoms with Gasteiger partial charge in [0.15, 0.2) is 6.29 Å². The van der Waals surface area contributed by atoms with E-state index in [0.29, 0.717) is 6.42 Å². The molecule has 0 spiro atoms. The summed E-state index contributed by atoms with van der Waals surface area (Å²) in [6.07, 6.45) is -1.69. The van der Waals surface area contributed by atoms with Gasteiger partial charge in [0, 0.05) is 0 Å². The first kappa shape index (κ1) is 22.8. The molecule has 8 heteroatoms. The molecule has 0 heterocycles. The van der Waals surface area contributed by atoms with Gasteiger partial charge < -0.3 is 40.9 Å². The lowest BCUT2D eigenvalue weighted by Gasteiger charge is -1.96. The summed E-state index contributed by atoms with van der Waals surface area (Å²) in [6.45, 7) is 0.444. The molecule has 0 aromatic rings. The summed E-state index contributed by atoms with van der Waals surface area (Å²) in [7, 11) is 0. The van der Waals surface area contributed by atoms with E-state index in [-0.39, 0.29) is 26.4 Å². The Kier molecular flexibility index (Phi) is 24.1. The summed E-state index contributed by atoms with van der Waals surface area (Å²) in [4.78, 5) is 0. The molecule has 0 unspecified atom stereocenters. The average Bonchev–Trinajstić information content (AvgIpc) is 2.38. The monoisotopic (exact) mass is 274 g/mol. The summed E-state index contributed by atoms with van der Waals surface area (Å²) < 4.78 is 0. The number of hydrogen-bond donors (Lipinski definition) is 8. The molecule has 8 nitrogen and oxygen atoms in total. The predicted molar refractivity (Wildman–Crippen MR) is 63.5 cm³/mol. The molecule has 0 radical (unpaired) electrons. The quantitative estimate of drug-likeness (QED) is 0.234. The summed E-state index contributed by atoms with van der Waals surface area (Å²) in [5.74, 6) is 0. The van der Waals surface area contributed by atoms with Crippen LogP contribution in [0.5, 0.6) is 0 Å². The molecular formula is C10H26O8. The lowest BCUT2D eigenvalue weighted by atomic mass is 10.3. The van der Waals surface area contributed by atoms with E-state index in [1.165, 1.54) is 0 Å². The van der Waals surface area contributed by atoms with E-state index in [9.17, 15) is 0 Å². The zero-order valence-electron chi connectivity index (χ0n) is 10.6. The maximum atomic E-state index is 8.17. The van der Waals surface area contributed by atoms with Crippen molar-refractivity contribution in [2.24, 2.45) is 0 Å². The van der Waals surface area contributed by atoms with E-state index in [2.05, 4.69) is 0 Å². The van der Waals surface area contributed by atoms with E-state index in [0.717, 1.165) is 6.42 Å². The van der Waals surface area contributed by atoms with Gasteiger partial charge in [0.25, 0.3) is 0 Å². The van der Waals surface area contributed by atoms with Crippen molar-refractivity contribution in [2.75, 3.05) is 26.4 Å². The van der Waals surface area contributed by atoms with Crippen LogP contribution in [0.4, 0.5) is 0 Å². The van der Waals surface area contributed by atoms with Crippen LogP contribution in [0.1, 0.15) is 19.8 Å². The molecule has 0 amide bonds. The fourth-order valence-electron chi connectivity index (χ4n) is 0.374. The molecule has 0 rings (SSSR count). The van der Waals surface area contributed by atoms with Crippen molar-refractivity contribution >= 4 is 0 Å². The van der Waals surface area contributed by atoms with Gasteiger partial charge in [-0.2, -0.15) is 0 Å². The highest BCUT2D eigenvalue weighted by atomic mass is 16.5. The second kappa shape index (κ2) is 19.0. The van der Waals surface area contributed by atoms with E-state index < -0.39 is 18.5 Å². The molecule has 0 fully saturated rings. The van der Waals surface area contributed by atoms with Gasteiger partial charge in [0.2, 0.25) is 0 Å². The largest absolute Gasteiger partial charge is 0.394 e. The Morgan fingerprint density at radius 1 is 0.667 bits per heavy atom. The minimum absolute atomic E-state index is 0.365. The van der Waals surface area contributed by atoms with E-state index in [4.69, 9.17) is 40.9 Å². The smallest absolute Gasteiger partial charge is 0.151 e. The van der Waals surface area contributed by atoms with Crippen LogP contribution >= 0.6 is 0 Å². The fraction of sp³-hybridized carbons (Fsp3) is 1.00. The van der Waals surface area contributed by atoms with Gasteiger partial charge in [0.1, 0.15) is 12.2 Å². The number of hydrogen-bond acceptors (Lipinski definition) is 8. The number of rotatable bonds is 6. The number of aliphatic hydroxyl groups is 8. The van der Waals surface area contributed by atoms with Crippen LogP contribution in [-0.4, -0.2) is 85.8 Å². The van der Waals surface area contributed by atoms with Crippen LogP contribution in [0.25, 0.3) is 0 Å². The van der Waals surface area contributed by atoms with Gasteiger partial charge in [-0.1, -0.05) is 13.3 Å². The van der Waals surface area contributed by atoms with Crippen LogP contribution < -0.4 is 0 Å². The highest BCUT2D eigenvalue weighted by Gasteiger charge is 1.94. The summed E-state index contributed by atoms with van der Waals surface area (Å²) in [6, 6.07) is 0. The van der Waals surface area contributed by atoms with Gasteiger partial charge in [0.05, 0.1) is 26.4 Å². The molecule has 0 saturated carbocycles. The second-order valence-corrected chi connectivity index (χ2v) is 3.31. The normalized spacial score (nSPS) is 10.0. The zero-order chi connectivity index (χ0) is 15.0. The maximum Gasteiger partial charge on any atom is 0.151 e. The molecule has 0 atom stereocenters. The summed E-state index contributed by atoms with van der Waals surface area (Å²) >= 11 is 0. The number of aliphatic hydroxyl groups excluding tert-OH is 7. The minimum atomic E-state index is -1.10. The van der Waals surface area contributed by atoms with Gasteiger partial charge in [-0.3, -0.25) is 0 Å². The van der Waals surface area contributed by atoms with Crippen molar-refractivity contribution in [2.45, 2.75) is 38.3 Å². The minimum Gasteiger partial charge on any atom is -0.394 e. The van der Waals surface area contributed by atoms with Crippen molar-refractivity contribution in [3.8, 4) is 0 Å². The lowest BCUT2D eigenvalue weighted by Crippen LogP contribution is -2.15. The van der Waals surface area contributed by atoms with E-state index in [1.54, 1.807) is 0 Å². The van der Waals surface area contributed by atoms with Crippen LogP contribution in [0.15, 0.2) is 0 Å². The molecule has 18 heavy (non-hydrogen) atoms. The first-order valence-corrected chi connectivity index (χ1v) is 5.55. The first-order chi connectivity index (χ1) is 8.39. The van der Waals surface area contributed by atoms with Crippen LogP contribution in [0, 0.1) is 0 Å². The fourth-order valence-corrected chi connectivity index (χ4v) is 0.374. The third kappa shape index (κ3) is 29.6. The maximum absolute atomic E-state index is 8.17. The van der Waals surface area contributed by atoms with Crippen molar-refractivity contribution in [1.82, 2.24) is 0 Å². The van der Waals surface area contributed by atoms with Crippen molar-refractivity contribution in [1.29, 1.82) is 0 Å². The Labute approximate surface area is 106 Å². The third-order valence-corrected chi connectivity index (χ3v) is 1.39. The standard InChI is InChI=1S/C4H10O2.2C3H8O3/c1-2-3-4(5)6;2*4-1-3(6)2-5/h4-6H,2-3H2,1H3;2*3-6H,1-2H2. The van der Waals surface area contributed by atoms with E-state index in [1.807, 2.05) is 6.92 Å². The molecule has 8 N–H and O–H groups in total. The summed E-state index contributed by atoms with van der Waals surface area (Å²) in [5, 5.41) is 64.2. The van der Waals surface area contributed by atoms with Crippen LogP contribution in [0.2, 0.25) is 0 Å². The topological polar surface area (TPSA) is 162 Å². The van der Waals surface area contributed by atoms with Gasteiger partial charge in [-0.05, 0) is 6.42 Å². The Morgan fingerprint density at radius 3 is 0.944 bits per heavy atom. The third-order valence-electron chi connectivity index (χ3n) is 1.39. The molecule has 0 aliphatic carbocycles. The highest BCUT2D eigenvalue weighted by Crippen LogP contribution is 1.88. The van der Waals surface area contributed by atoms with Crippen molar-refractivity contribution in [3.63, 3.8) is 0 Å². The Morgan fingerprint density at radius 2 is 0.944 bits per heavy atom. The van der Waals surface area contributed by atoms with Crippen LogP contribution in [-0.2, 0) is 0 Å². The Bertz CT molecular complexity index is 115. The predicted octanol–water partition coefficient (Wildman–Crippen LogP) is -3.24. The molecule has 0 aromatic carbocycles. The van der Waals surface area contributed by atoms with Crippen molar-refractivity contribution in [3.05, 3.63) is 0 Å². The van der Waals surface area contributed by atoms with Crippen LogP contribution in [0.3, 0.4) is 0 Å². The van der Waals surface area contributed by atoms with E-state index >= 15 is 0 Å². The average molecular weight is 274 g/mol. The van der Waals surface area contributed by atoms with Gasteiger partial charge in [-0.25, -0.2) is 0 Å². The van der Waals surface area contributed by atoms with Gasteiger partial charge in [-0.15, -0.1) is 0 Å². The molecule has 0 aliphatic rings. The molecular weight excluding hydrogens is 248 g/mol. The van der Waals surface area contributed by atoms with Gasteiger partial charge >= 0.3 is 0 Å². The molecule has 0 aromatic heterocycles. The Hall–Kier alpha value is -0.320. The molecule has 114 valence electrons. The lowest BCUT2D eigenvalue weighted by molar-refractivity contribution is -0.0453. The molecule has 0 bridgehead atoms. The zero-order valence-corrected chi connectivity index (χ0v) is 10.6. The molecule has 0 saturated heterocycles. The van der Waals surface area contributed by atoms with Crippen molar-refractivity contribution < 1.29 is 40.9 Å². The SMILES string of the molecule is CCCC(O)O.OCC(O)CO.OCC(O)CO. The first-order valence-electron chi connectivity index (χ1n) is 5.55. The molecule has 0 aliphatic heterocycles. The summed E-state index contributed by atoms with van der Waals surface area (Å²) in [5.41, 5.74) is 0.